The molecule has 0 aromatic heterocycles. The second-order valence-corrected chi connectivity index (χ2v) is 5.87. The molecule has 1 rings (SSSR count). The van der Waals surface area contributed by atoms with Gasteiger partial charge in [0.05, 0.1) is 5.56 Å². The Morgan fingerprint density at radius 1 is 1.25 bits per heavy atom. The first kappa shape index (κ1) is 16.9. The summed E-state index contributed by atoms with van der Waals surface area (Å²) in [5.74, 6) is 1.22. The second kappa shape index (κ2) is 9.70. The van der Waals surface area contributed by atoms with Gasteiger partial charge in [0.2, 0.25) is 0 Å². The van der Waals surface area contributed by atoms with Crippen molar-refractivity contribution in [3.05, 3.63) is 29.3 Å². The minimum absolute atomic E-state index is 0.0193. The quantitative estimate of drug-likeness (QED) is 0.682. The summed E-state index contributed by atoms with van der Waals surface area (Å²) in [6.45, 7) is 5.65. The summed E-state index contributed by atoms with van der Waals surface area (Å²) >= 11 is 1.88. The summed E-state index contributed by atoms with van der Waals surface area (Å²) in [6, 6.07) is 5.90. The molecule has 0 unspecified atom stereocenters. The number of anilines is 1. The minimum Gasteiger partial charge on any atom is -0.385 e. The first-order valence-corrected chi connectivity index (χ1v) is 8.70. The lowest BCUT2D eigenvalue weighted by atomic mass is 10.1. The fraction of sp³-hybridized carbons (Fsp3) is 0.562. The maximum Gasteiger partial charge on any atom is 0.253 e. The molecule has 112 valence electrons. The van der Waals surface area contributed by atoms with Gasteiger partial charge >= 0.3 is 0 Å². The van der Waals surface area contributed by atoms with Crippen molar-refractivity contribution in [2.75, 3.05) is 30.4 Å². The van der Waals surface area contributed by atoms with Crippen LogP contribution in [0.2, 0.25) is 0 Å². The fourth-order valence-corrected chi connectivity index (χ4v) is 2.53. The molecule has 0 bridgehead atoms. The molecule has 1 aromatic rings. The van der Waals surface area contributed by atoms with Crippen molar-refractivity contribution < 1.29 is 4.79 Å². The van der Waals surface area contributed by atoms with Gasteiger partial charge in [0, 0.05) is 18.8 Å². The second-order valence-electron chi connectivity index (χ2n) is 4.89. The number of amides is 1. The predicted molar refractivity (Wildman–Crippen MR) is 89.9 cm³/mol. The molecule has 2 N–H and O–H groups in total. The minimum atomic E-state index is 0.0193. The van der Waals surface area contributed by atoms with Gasteiger partial charge in [-0.15, -0.1) is 0 Å². The number of carbonyl (C=O) groups is 1. The molecule has 0 atom stereocenters. The van der Waals surface area contributed by atoms with E-state index < -0.39 is 0 Å². The third kappa shape index (κ3) is 5.87. The smallest absolute Gasteiger partial charge is 0.253 e. The Hall–Kier alpha value is -1.16. The number of hydrogen-bond donors (Lipinski definition) is 2. The molecule has 20 heavy (non-hydrogen) atoms. The van der Waals surface area contributed by atoms with Gasteiger partial charge in [-0.2, -0.15) is 11.8 Å². The van der Waals surface area contributed by atoms with Crippen molar-refractivity contribution in [2.24, 2.45) is 0 Å². The van der Waals surface area contributed by atoms with E-state index in [2.05, 4.69) is 16.9 Å². The highest BCUT2D eigenvalue weighted by Gasteiger charge is 2.10. The maximum atomic E-state index is 12.2. The number of benzene rings is 1. The van der Waals surface area contributed by atoms with Crippen molar-refractivity contribution in [1.29, 1.82) is 0 Å². The zero-order valence-electron chi connectivity index (χ0n) is 12.8. The Balaban J connectivity index is 2.46. The highest BCUT2D eigenvalue weighted by Crippen LogP contribution is 2.17. The summed E-state index contributed by atoms with van der Waals surface area (Å²) in [5, 5.41) is 6.26. The van der Waals surface area contributed by atoms with Crippen LogP contribution in [0.15, 0.2) is 18.2 Å². The van der Waals surface area contributed by atoms with Crippen LogP contribution in [0.4, 0.5) is 5.69 Å². The van der Waals surface area contributed by atoms with Gasteiger partial charge in [0.25, 0.3) is 5.91 Å². The largest absolute Gasteiger partial charge is 0.385 e. The van der Waals surface area contributed by atoms with Crippen LogP contribution in [-0.2, 0) is 0 Å². The van der Waals surface area contributed by atoms with E-state index in [1.165, 1.54) is 18.6 Å². The van der Waals surface area contributed by atoms with Crippen LogP contribution in [0.25, 0.3) is 0 Å². The number of aryl methyl sites for hydroxylation is 1. The number of hydrogen-bond acceptors (Lipinski definition) is 3. The van der Waals surface area contributed by atoms with E-state index in [1.54, 1.807) is 0 Å². The molecular weight excluding hydrogens is 268 g/mol. The third-order valence-electron chi connectivity index (χ3n) is 3.10. The van der Waals surface area contributed by atoms with Crippen LogP contribution < -0.4 is 10.6 Å². The molecule has 1 aromatic carbocycles. The molecule has 0 heterocycles. The van der Waals surface area contributed by atoms with E-state index in [0.717, 1.165) is 36.3 Å². The van der Waals surface area contributed by atoms with Crippen LogP contribution in [-0.4, -0.2) is 31.0 Å². The Kier molecular flexibility index (Phi) is 8.19. The average Bonchev–Trinajstić information content (AvgIpc) is 2.43. The molecule has 0 saturated carbocycles. The summed E-state index contributed by atoms with van der Waals surface area (Å²) < 4.78 is 0. The molecule has 3 nitrogen and oxygen atoms in total. The van der Waals surface area contributed by atoms with Crippen LogP contribution in [0.1, 0.15) is 42.1 Å². The molecule has 0 aliphatic rings. The number of nitrogens with one attached hydrogen (secondary N) is 2. The van der Waals surface area contributed by atoms with E-state index in [4.69, 9.17) is 0 Å². The molecule has 4 heteroatoms. The van der Waals surface area contributed by atoms with Crippen molar-refractivity contribution in [3.63, 3.8) is 0 Å². The molecule has 0 aliphatic carbocycles. The monoisotopic (exact) mass is 294 g/mol. The standard InChI is InChI=1S/C16H26N2OS/c1-4-17-15-12-13(2)8-9-14(15)16(19)18-10-6-5-7-11-20-3/h8-9,12,17H,4-7,10-11H2,1-3H3,(H,18,19). The van der Waals surface area contributed by atoms with Gasteiger partial charge in [0.15, 0.2) is 0 Å². The lowest BCUT2D eigenvalue weighted by Gasteiger charge is -2.12. The van der Waals surface area contributed by atoms with Crippen molar-refractivity contribution >= 4 is 23.4 Å². The molecular formula is C16H26N2OS. The average molecular weight is 294 g/mol. The van der Waals surface area contributed by atoms with Crippen molar-refractivity contribution in [3.8, 4) is 0 Å². The van der Waals surface area contributed by atoms with Crippen molar-refractivity contribution in [1.82, 2.24) is 5.32 Å². The zero-order valence-corrected chi connectivity index (χ0v) is 13.6. The molecule has 0 saturated heterocycles. The molecule has 0 radical (unpaired) electrons. The summed E-state index contributed by atoms with van der Waals surface area (Å²) in [5.41, 5.74) is 2.82. The number of carbonyl (C=O) groups excluding carboxylic acids is 1. The Bertz CT molecular complexity index is 421. The number of unbranched alkanes of at least 4 members (excludes halogenated alkanes) is 2. The lowest BCUT2D eigenvalue weighted by Crippen LogP contribution is -2.25. The molecule has 1 amide bonds. The van der Waals surface area contributed by atoms with Gasteiger partial charge in [-0.3, -0.25) is 4.79 Å². The summed E-state index contributed by atoms with van der Waals surface area (Å²) in [7, 11) is 0. The van der Waals surface area contributed by atoms with Gasteiger partial charge in [-0.25, -0.2) is 0 Å². The Morgan fingerprint density at radius 3 is 2.75 bits per heavy atom. The van der Waals surface area contributed by atoms with Crippen LogP contribution in [0, 0.1) is 6.92 Å². The molecule has 0 spiro atoms. The highest BCUT2D eigenvalue weighted by molar-refractivity contribution is 7.98. The first-order chi connectivity index (χ1) is 9.69. The van der Waals surface area contributed by atoms with E-state index in [-0.39, 0.29) is 5.91 Å². The third-order valence-corrected chi connectivity index (χ3v) is 3.79. The predicted octanol–water partition coefficient (Wildman–Crippen LogP) is 3.69. The van der Waals surface area contributed by atoms with Gasteiger partial charge in [0.1, 0.15) is 0 Å². The zero-order chi connectivity index (χ0) is 14.8. The van der Waals surface area contributed by atoms with E-state index in [0.29, 0.717) is 0 Å². The molecule has 0 aliphatic heterocycles. The van der Waals surface area contributed by atoms with E-state index in [9.17, 15) is 4.79 Å². The van der Waals surface area contributed by atoms with Crippen LogP contribution >= 0.6 is 11.8 Å². The lowest BCUT2D eigenvalue weighted by molar-refractivity contribution is 0.0954. The van der Waals surface area contributed by atoms with Crippen LogP contribution in [0.5, 0.6) is 0 Å². The summed E-state index contributed by atoms with van der Waals surface area (Å²) in [6.07, 6.45) is 5.58. The van der Waals surface area contributed by atoms with Crippen LogP contribution in [0.3, 0.4) is 0 Å². The normalized spacial score (nSPS) is 10.3. The van der Waals surface area contributed by atoms with Gasteiger partial charge in [-0.1, -0.05) is 12.5 Å². The van der Waals surface area contributed by atoms with Gasteiger partial charge < -0.3 is 10.6 Å². The van der Waals surface area contributed by atoms with Crippen molar-refractivity contribution in [2.45, 2.75) is 33.1 Å². The number of rotatable bonds is 9. The van der Waals surface area contributed by atoms with E-state index >= 15 is 0 Å². The summed E-state index contributed by atoms with van der Waals surface area (Å²) in [4.78, 5) is 12.2. The topological polar surface area (TPSA) is 41.1 Å². The van der Waals surface area contributed by atoms with E-state index in [1.807, 2.05) is 43.8 Å². The fourth-order valence-electron chi connectivity index (χ4n) is 2.04. The highest BCUT2D eigenvalue weighted by atomic mass is 32.2. The SMILES string of the molecule is CCNc1cc(C)ccc1C(=O)NCCCCCSC. The Labute approximate surface area is 126 Å². The Morgan fingerprint density at radius 2 is 2.05 bits per heavy atom. The maximum absolute atomic E-state index is 12.2. The first-order valence-electron chi connectivity index (χ1n) is 7.30. The number of thioether (sulfide) groups is 1. The van der Waals surface area contributed by atoms with Gasteiger partial charge in [-0.05, 0) is 56.4 Å². The molecule has 0 fully saturated rings.